The number of thiophene rings is 1. The molecular formula is C25H28N2O2S. The van der Waals surface area contributed by atoms with E-state index in [1.54, 1.807) is 0 Å². The maximum atomic E-state index is 13.3. The van der Waals surface area contributed by atoms with E-state index >= 15 is 0 Å². The van der Waals surface area contributed by atoms with Gasteiger partial charge in [-0.15, -0.1) is 11.3 Å². The van der Waals surface area contributed by atoms with Crippen molar-refractivity contribution in [2.75, 3.05) is 18.5 Å². The first-order chi connectivity index (χ1) is 14.6. The third kappa shape index (κ3) is 3.94. The Morgan fingerprint density at radius 1 is 1.13 bits per heavy atom. The van der Waals surface area contributed by atoms with Crippen LogP contribution in [-0.2, 0) is 12.8 Å². The molecule has 30 heavy (non-hydrogen) atoms. The summed E-state index contributed by atoms with van der Waals surface area (Å²) in [5.74, 6) is 0.807. The number of nitrogens with one attached hydrogen (secondary N) is 1. The summed E-state index contributed by atoms with van der Waals surface area (Å²) in [6.07, 6.45) is 1.94. The van der Waals surface area contributed by atoms with E-state index in [4.69, 9.17) is 4.74 Å². The van der Waals surface area contributed by atoms with Crippen molar-refractivity contribution in [1.29, 1.82) is 0 Å². The Bertz CT molecular complexity index is 1010. The topological polar surface area (TPSA) is 41.6 Å². The van der Waals surface area contributed by atoms with Gasteiger partial charge in [-0.25, -0.2) is 4.79 Å². The fraction of sp³-hybridized carbons (Fsp3) is 0.320. The average Bonchev–Trinajstić information content (AvgIpc) is 3.10. The third-order valence-corrected chi connectivity index (χ3v) is 6.90. The van der Waals surface area contributed by atoms with Crippen molar-refractivity contribution in [3.05, 3.63) is 81.0 Å². The minimum atomic E-state index is -0.0669. The number of hydrogen-bond acceptors (Lipinski definition) is 3. The first-order valence-corrected chi connectivity index (χ1v) is 11.4. The molecule has 2 aromatic carbocycles. The Kier molecular flexibility index (Phi) is 6.09. The Morgan fingerprint density at radius 3 is 2.53 bits per heavy atom. The molecule has 5 heteroatoms. The number of hydrogen-bond donors (Lipinski definition) is 1. The van der Waals surface area contributed by atoms with Gasteiger partial charge in [-0.1, -0.05) is 37.3 Å². The fourth-order valence-electron chi connectivity index (χ4n) is 4.29. The van der Waals surface area contributed by atoms with Gasteiger partial charge in [0.15, 0.2) is 0 Å². The molecule has 0 saturated heterocycles. The molecule has 0 bridgehead atoms. The van der Waals surface area contributed by atoms with Crippen molar-refractivity contribution >= 4 is 23.1 Å². The molecule has 4 rings (SSSR count). The van der Waals surface area contributed by atoms with Crippen LogP contribution in [0.5, 0.6) is 5.75 Å². The highest BCUT2D eigenvalue weighted by atomic mass is 32.1. The number of amides is 2. The van der Waals surface area contributed by atoms with Crippen LogP contribution in [0.3, 0.4) is 0 Å². The average molecular weight is 421 g/mol. The second-order valence-corrected chi connectivity index (χ2v) is 8.73. The second kappa shape index (κ2) is 8.92. The lowest BCUT2D eigenvalue weighted by molar-refractivity contribution is 0.195. The Hall–Kier alpha value is -2.79. The van der Waals surface area contributed by atoms with Crippen molar-refractivity contribution in [2.24, 2.45) is 0 Å². The normalized spacial score (nSPS) is 15.6. The van der Waals surface area contributed by atoms with Crippen LogP contribution in [0.25, 0.3) is 0 Å². The molecule has 1 aliphatic heterocycles. The van der Waals surface area contributed by atoms with E-state index in [0.29, 0.717) is 13.2 Å². The van der Waals surface area contributed by atoms with Crippen LogP contribution in [-0.4, -0.2) is 24.1 Å². The van der Waals surface area contributed by atoms with Gasteiger partial charge in [0.05, 0.1) is 12.6 Å². The summed E-state index contributed by atoms with van der Waals surface area (Å²) in [7, 11) is 0. The van der Waals surface area contributed by atoms with E-state index in [1.807, 2.05) is 65.6 Å². The lowest BCUT2D eigenvalue weighted by Crippen LogP contribution is -2.42. The van der Waals surface area contributed by atoms with Crippen LogP contribution in [0, 0.1) is 6.92 Å². The van der Waals surface area contributed by atoms with Crippen molar-refractivity contribution in [2.45, 2.75) is 39.7 Å². The Balaban J connectivity index is 1.65. The quantitative estimate of drug-likeness (QED) is 0.534. The standard InChI is InChI=1S/C25H28N2O2S/c1-4-21-17(3)30-24-22(21)15-16-27(23(24)18-9-7-6-8-10-18)25(28)26-19-11-13-20(14-12-19)29-5-2/h6-14,23H,4-5,15-16H2,1-3H3,(H,26,28)/t23-/m0/s1. The summed E-state index contributed by atoms with van der Waals surface area (Å²) in [5.41, 5.74) is 4.84. The van der Waals surface area contributed by atoms with Crippen molar-refractivity contribution < 1.29 is 9.53 Å². The number of aryl methyl sites for hydroxylation is 1. The van der Waals surface area contributed by atoms with Crippen molar-refractivity contribution in [3.63, 3.8) is 0 Å². The van der Waals surface area contributed by atoms with Gasteiger partial charge in [0.2, 0.25) is 0 Å². The number of fused-ring (bicyclic) bond motifs is 1. The van der Waals surface area contributed by atoms with E-state index in [0.717, 1.165) is 29.8 Å². The van der Waals surface area contributed by atoms with E-state index in [1.165, 1.54) is 20.9 Å². The van der Waals surface area contributed by atoms with Crippen LogP contribution in [0.4, 0.5) is 10.5 Å². The summed E-state index contributed by atoms with van der Waals surface area (Å²) in [6.45, 7) is 7.71. The Morgan fingerprint density at radius 2 is 1.87 bits per heavy atom. The predicted molar refractivity (Wildman–Crippen MR) is 124 cm³/mol. The fourth-order valence-corrected chi connectivity index (χ4v) is 5.74. The highest BCUT2D eigenvalue weighted by Crippen LogP contribution is 2.43. The van der Waals surface area contributed by atoms with E-state index < -0.39 is 0 Å². The summed E-state index contributed by atoms with van der Waals surface area (Å²) >= 11 is 1.84. The van der Waals surface area contributed by atoms with Crippen molar-refractivity contribution in [1.82, 2.24) is 4.90 Å². The highest BCUT2D eigenvalue weighted by molar-refractivity contribution is 7.12. The zero-order chi connectivity index (χ0) is 21.1. The SMILES string of the molecule is CCOc1ccc(NC(=O)N2CCc3c(sc(C)c3CC)[C@@H]2c2ccccc2)cc1. The molecule has 156 valence electrons. The molecule has 0 radical (unpaired) electrons. The number of ether oxygens (including phenoxy) is 1. The molecule has 2 amide bonds. The van der Waals surface area contributed by atoms with Gasteiger partial charge in [-0.3, -0.25) is 0 Å². The molecular weight excluding hydrogens is 392 g/mol. The van der Waals surface area contributed by atoms with Crippen molar-refractivity contribution in [3.8, 4) is 5.75 Å². The highest BCUT2D eigenvalue weighted by Gasteiger charge is 2.35. The van der Waals surface area contributed by atoms with Gasteiger partial charge in [0.1, 0.15) is 5.75 Å². The van der Waals surface area contributed by atoms with E-state index in [-0.39, 0.29) is 12.1 Å². The number of carbonyl (C=O) groups excluding carboxylic acids is 1. The predicted octanol–water partition coefficient (Wildman–Crippen LogP) is 6.20. The van der Waals surface area contributed by atoms with Gasteiger partial charge < -0.3 is 15.0 Å². The Labute approximate surface area is 182 Å². The van der Waals surface area contributed by atoms with Crippen LogP contribution < -0.4 is 10.1 Å². The molecule has 1 N–H and O–H groups in total. The summed E-state index contributed by atoms with van der Waals surface area (Å²) < 4.78 is 5.50. The van der Waals surface area contributed by atoms with Gasteiger partial charge in [-0.2, -0.15) is 0 Å². The summed E-state index contributed by atoms with van der Waals surface area (Å²) in [5, 5.41) is 3.08. The first-order valence-electron chi connectivity index (χ1n) is 10.6. The monoisotopic (exact) mass is 420 g/mol. The largest absolute Gasteiger partial charge is 0.494 e. The molecule has 3 aromatic rings. The molecule has 0 spiro atoms. The molecule has 0 unspecified atom stereocenters. The van der Waals surface area contributed by atoms with Crippen LogP contribution in [0.1, 0.15) is 46.3 Å². The number of benzene rings is 2. The third-order valence-electron chi connectivity index (χ3n) is 5.66. The molecule has 4 nitrogen and oxygen atoms in total. The van der Waals surface area contributed by atoms with Gasteiger partial charge in [0, 0.05) is 22.0 Å². The first kappa shape index (κ1) is 20.5. The van der Waals surface area contributed by atoms with Gasteiger partial charge in [-0.05, 0) is 67.6 Å². The lowest BCUT2D eigenvalue weighted by Gasteiger charge is -2.36. The van der Waals surface area contributed by atoms with Crippen LogP contribution >= 0.6 is 11.3 Å². The summed E-state index contributed by atoms with van der Waals surface area (Å²) in [6, 6.07) is 17.8. The molecule has 1 aromatic heterocycles. The molecule has 0 saturated carbocycles. The molecule has 0 aliphatic carbocycles. The van der Waals surface area contributed by atoms with Crippen LogP contribution in [0.15, 0.2) is 54.6 Å². The minimum absolute atomic E-state index is 0.0540. The maximum absolute atomic E-state index is 13.3. The zero-order valence-electron chi connectivity index (χ0n) is 17.8. The van der Waals surface area contributed by atoms with Gasteiger partial charge in [0.25, 0.3) is 0 Å². The molecule has 1 atom stereocenters. The number of nitrogens with zero attached hydrogens (tertiary/aromatic N) is 1. The second-order valence-electron chi connectivity index (χ2n) is 7.48. The summed E-state index contributed by atoms with van der Waals surface area (Å²) in [4.78, 5) is 18.0. The number of rotatable bonds is 5. The lowest BCUT2D eigenvalue weighted by atomic mass is 9.92. The van der Waals surface area contributed by atoms with E-state index in [9.17, 15) is 4.79 Å². The zero-order valence-corrected chi connectivity index (χ0v) is 18.6. The minimum Gasteiger partial charge on any atom is -0.494 e. The van der Waals surface area contributed by atoms with E-state index in [2.05, 4.69) is 31.3 Å². The molecule has 1 aliphatic rings. The number of carbonyl (C=O) groups is 1. The van der Waals surface area contributed by atoms with Crippen LogP contribution in [0.2, 0.25) is 0 Å². The van der Waals surface area contributed by atoms with Gasteiger partial charge >= 0.3 is 6.03 Å². The molecule has 0 fully saturated rings. The number of urea groups is 1. The maximum Gasteiger partial charge on any atom is 0.322 e. The number of anilines is 1. The smallest absolute Gasteiger partial charge is 0.322 e. The molecule has 2 heterocycles.